The van der Waals surface area contributed by atoms with E-state index < -0.39 is 0 Å². The zero-order valence-electron chi connectivity index (χ0n) is 6.89. The van der Waals surface area contributed by atoms with Crippen LogP contribution in [0.3, 0.4) is 0 Å². The number of rotatable bonds is 1. The van der Waals surface area contributed by atoms with Crippen LogP contribution in [0.1, 0.15) is 15.3 Å². The molecule has 0 spiro atoms. The number of carbonyl (C=O) groups excluding carboxylic acids is 1. The van der Waals surface area contributed by atoms with E-state index in [1.807, 2.05) is 0 Å². The molecule has 3 heteroatoms. The average molecular weight is 236 g/mol. The zero-order valence-corrected chi connectivity index (χ0v) is 12.2. The van der Waals surface area contributed by atoms with Gasteiger partial charge in [0.25, 0.3) is 0 Å². The third-order valence-electron chi connectivity index (χ3n) is 0.673. The summed E-state index contributed by atoms with van der Waals surface area (Å²) in [5.74, 6) is -0.148. The Morgan fingerprint density at radius 3 is 2.00 bits per heavy atom. The van der Waals surface area contributed by atoms with E-state index in [1.54, 1.807) is 13.8 Å². The zero-order chi connectivity index (χ0) is 5.86. The van der Waals surface area contributed by atoms with Crippen LogP contribution in [0, 0.1) is 5.92 Å². The summed E-state index contributed by atoms with van der Waals surface area (Å²) in [5, 5.41) is 0. The summed E-state index contributed by atoms with van der Waals surface area (Å²) in [5.41, 5.74) is 0. The topological polar surface area (TPSA) is 26.3 Å². The van der Waals surface area contributed by atoms with Gasteiger partial charge in [0.2, 0.25) is 0 Å². The third kappa shape index (κ3) is 5.65. The van der Waals surface area contributed by atoms with E-state index in [0.29, 0.717) is 0 Å². The van der Waals surface area contributed by atoms with E-state index in [-0.39, 0.29) is 82.2 Å². The first-order valence-electron chi connectivity index (χ1n) is 2.26. The van der Waals surface area contributed by atoms with Crippen LogP contribution in [0.25, 0.3) is 0 Å². The van der Waals surface area contributed by atoms with Crippen molar-refractivity contribution in [3.05, 3.63) is 0 Å². The Morgan fingerprint density at radius 2 is 2.00 bits per heavy atom. The van der Waals surface area contributed by atoms with Crippen molar-refractivity contribution in [2.45, 2.75) is 13.8 Å². The predicted molar refractivity (Wildman–Crippen MR) is 28.0 cm³/mol. The molecule has 0 aromatic carbocycles. The molecule has 44 valence electrons. The molecule has 0 aromatic heterocycles. The Kier molecular flexibility index (Phi) is 10.1. The SMILES string of the molecule is COC(=O)C(C)C.[Cs+].[H-]. The number of methoxy groups -OCH3 is 1. The van der Waals surface area contributed by atoms with Crippen molar-refractivity contribution < 1.29 is 79.9 Å². The molecule has 0 bridgehead atoms. The first kappa shape index (κ1) is 12.2. The third-order valence-corrected chi connectivity index (χ3v) is 0.673. The van der Waals surface area contributed by atoms with Crippen LogP contribution >= 0.6 is 0 Å². The van der Waals surface area contributed by atoms with E-state index >= 15 is 0 Å². The Labute approximate surface area is 110 Å². The molecular formula is C5H11CsO2. The minimum Gasteiger partial charge on any atom is -1.00 e. The van der Waals surface area contributed by atoms with Crippen LogP contribution in [0.15, 0.2) is 0 Å². The van der Waals surface area contributed by atoms with Crippen molar-refractivity contribution in [3.63, 3.8) is 0 Å². The van der Waals surface area contributed by atoms with E-state index in [0.717, 1.165) is 0 Å². The van der Waals surface area contributed by atoms with E-state index in [2.05, 4.69) is 4.74 Å². The summed E-state index contributed by atoms with van der Waals surface area (Å²) in [6.45, 7) is 3.59. The van der Waals surface area contributed by atoms with E-state index in [9.17, 15) is 4.79 Å². The molecule has 0 rings (SSSR count). The van der Waals surface area contributed by atoms with Gasteiger partial charge in [0.1, 0.15) is 0 Å². The van der Waals surface area contributed by atoms with Crippen molar-refractivity contribution in [2.24, 2.45) is 5.92 Å². The van der Waals surface area contributed by atoms with Crippen LogP contribution in [0.5, 0.6) is 0 Å². The molecule has 0 unspecified atom stereocenters. The molecule has 0 aliphatic rings. The first-order valence-corrected chi connectivity index (χ1v) is 2.26. The van der Waals surface area contributed by atoms with Gasteiger partial charge in [0.05, 0.1) is 13.0 Å². The normalized spacial score (nSPS) is 8.00. The fraction of sp³-hybridized carbons (Fsp3) is 0.800. The molecule has 0 heterocycles. The summed E-state index contributed by atoms with van der Waals surface area (Å²) in [6.07, 6.45) is 0. The Bertz CT molecular complexity index is 75.4. The van der Waals surface area contributed by atoms with Crippen molar-refractivity contribution in [2.75, 3.05) is 7.11 Å². The van der Waals surface area contributed by atoms with Crippen LogP contribution < -0.4 is 68.9 Å². The van der Waals surface area contributed by atoms with E-state index in [4.69, 9.17) is 0 Å². The second-order valence-corrected chi connectivity index (χ2v) is 1.68. The Balaban J connectivity index is -0.000000180. The van der Waals surface area contributed by atoms with Gasteiger partial charge < -0.3 is 6.16 Å². The summed E-state index contributed by atoms with van der Waals surface area (Å²) >= 11 is 0. The second kappa shape index (κ2) is 6.64. The van der Waals surface area contributed by atoms with Crippen LogP contribution in [0.2, 0.25) is 0 Å². The maximum Gasteiger partial charge on any atom is 1.00 e. The van der Waals surface area contributed by atoms with Crippen LogP contribution in [-0.4, -0.2) is 13.1 Å². The molecule has 8 heavy (non-hydrogen) atoms. The van der Waals surface area contributed by atoms with Gasteiger partial charge in [-0.25, -0.2) is 0 Å². The molecule has 0 aliphatic heterocycles. The molecule has 0 fully saturated rings. The molecule has 0 saturated carbocycles. The monoisotopic (exact) mass is 236 g/mol. The average Bonchev–Trinajstić information content (AvgIpc) is 1.65. The number of hydrogen-bond donors (Lipinski definition) is 0. The minimum absolute atomic E-state index is 0. The van der Waals surface area contributed by atoms with Crippen LogP contribution in [0.4, 0.5) is 0 Å². The molecule has 0 N–H and O–H groups in total. The standard InChI is InChI=1S/C5H10O2.Cs.H/c1-4(2)5(6)7-3;;/h4H,1-3H3;;/q;+1;-1. The maximum atomic E-state index is 10.3. The fourth-order valence-corrected chi connectivity index (χ4v) is 0.236. The molecular weight excluding hydrogens is 225 g/mol. The Morgan fingerprint density at radius 1 is 1.62 bits per heavy atom. The molecule has 0 aromatic rings. The van der Waals surface area contributed by atoms with Gasteiger partial charge in [-0.15, -0.1) is 0 Å². The van der Waals surface area contributed by atoms with Crippen molar-refractivity contribution in [3.8, 4) is 0 Å². The summed E-state index contributed by atoms with van der Waals surface area (Å²) < 4.78 is 4.37. The smallest absolute Gasteiger partial charge is 1.00 e. The van der Waals surface area contributed by atoms with Crippen molar-refractivity contribution >= 4 is 5.97 Å². The molecule has 0 radical (unpaired) electrons. The molecule has 2 nitrogen and oxygen atoms in total. The van der Waals surface area contributed by atoms with Gasteiger partial charge in [-0.2, -0.15) is 0 Å². The maximum absolute atomic E-state index is 10.3. The minimum atomic E-state index is -0.153. The number of ether oxygens (including phenoxy) is 1. The quantitative estimate of drug-likeness (QED) is 0.489. The number of esters is 1. The fourth-order valence-electron chi connectivity index (χ4n) is 0.236. The number of hydrogen-bond acceptors (Lipinski definition) is 2. The molecule has 0 amide bonds. The van der Waals surface area contributed by atoms with Gasteiger partial charge in [-0.05, 0) is 0 Å². The largest absolute Gasteiger partial charge is 1.00 e. The van der Waals surface area contributed by atoms with Gasteiger partial charge in [-0.3, -0.25) is 4.79 Å². The van der Waals surface area contributed by atoms with Crippen molar-refractivity contribution in [1.82, 2.24) is 0 Å². The van der Waals surface area contributed by atoms with Crippen LogP contribution in [-0.2, 0) is 9.53 Å². The van der Waals surface area contributed by atoms with Gasteiger partial charge >= 0.3 is 74.9 Å². The van der Waals surface area contributed by atoms with Gasteiger partial charge in [0.15, 0.2) is 0 Å². The van der Waals surface area contributed by atoms with Gasteiger partial charge in [0, 0.05) is 0 Å². The van der Waals surface area contributed by atoms with Gasteiger partial charge in [-0.1, -0.05) is 13.8 Å². The summed E-state index contributed by atoms with van der Waals surface area (Å²) in [6, 6.07) is 0. The number of carbonyl (C=O) groups is 1. The first-order chi connectivity index (χ1) is 3.18. The molecule has 0 aliphatic carbocycles. The summed E-state index contributed by atoms with van der Waals surface area (Å²) in [7, 11) is 1.39. The summed E-state index contributed by atoms with van der Waals surface area (Å²) in [4.78, 5) is 10.3. The van der Waals surface area contributed by atoms with Crippen molar-refractivity contribution in [1.29, 1.82) is 0 Å². The molecule has 0 atom stereocenters. The Hall–Kier alpha value is 1.52. The second-order valence-electron chi connectivity index (χ2n) is 1.68. The molecule has 0 saturated heterocycles. The predicted octanol–water partition coefficient (Wildman–Crippen LogP) is -2.07. The van der Waals surface area contributed by atoms with E-state index in [1.165, 1.54) is 7.11 Å².